The van der Waals surface area contributed by atoms with Crippen LogP contribution in [0, 0.1) is 5.92 Å². The molecule has 0 saturated carbocycles. The van der Waals surface area contributed by atoms with Crippen LogP contribution in [0.1, 0.15) is 33.1 Å². The van der Waals surface area contributed by atoms with E-state index in [0.29, 0.717) is 18.0 Å². The van der Waals surface area contributed by atoms with E-state index in [1.807, 2.05) is 6.92 Å². The van der Waals surface area contributed by atoms with Crippen LogP contribution in [0.15, 0.2) is 0 Å². The molecule has 15 heavy (non-hydrogen) atoms. The van der Waals surface area contributed by atoms with Crippen molar-refractivity contribution < 1.29 is 9.53 Å². The summed E-state index contributed by atoms with van der Waals surface area (Å²) in [6.07, 6.45) is 2.92. The fraction of sp³-hybridized carbons (Fsp3) is 0.909. The Morgan fingerprint density at radius 1 is 1.47 bits per heavy atom. The fourth-order valence-electron chi connectivity index (χ4n) is 1.35. The zero-order chi connectivity index (χ0) is 11.7. The number of ether oxygens (including phenoxy) is 1. The van der Waals surface area contributed by atoms with E-state index in [1.54, 1.807) is 7.11 Å². The van der Waals surface area contributed by atoms with Gasteiger partial charge in [0.05, 0.1) is 6.61 Å². The summed E-state index contributed by atoms with van der Waals surface area (Å²) >= 11 is 3.48. The lowest BCUT2D eigenvalue weighted by molar-refractivity contribution is -0.124. The van der Waals surface area contributed by atoms with Crippen LogP contribution in [0.5, 0.6) is 0 Å². The molecule has 0 aliphatic heterocycles. The predicted octanol–water partition coefficient (Wildman–Crippen LogP) is 2.34. The SMILES string of the molecule is CCCC(C)C(=O)NCCC(Br)COC. The molecular weight excluding hydrogens is 258 g/mol. The van der Waals surface area contributed by atoms with Gasteiger partial charge in [-0.3, -0.25) is 4.79 Å². The monoisotopic (exact) mass is 279 g/mol. The molecule has 0 aromatic heterocycles. The average Bonchev–Trinajstić information content (AvgIpc) is 2.18. The van der Waals surface area contributed by atoms with Gasteiger partial charge in [0.15, 0.2) is 0 Å². The molecule has 0 aliphatic rings. The van der Waals surface area contributed by atoms with Crippen molar-refractivity contribution in [2.24, 2.45) is 5.92 Å². The topological polar surface area (TPSA) is 38.3 Å². The Labute approximate surface area is 101 Å². The van der Waals surface area contributed by atoms with Crippen LogP contribution in [-0.4, -0.2) is 31.0 Å². The van der Waals surface area contributed by atoms with Gasteiger partial charge in [-0.2, -0.15) is 0 Å². The fourth-order valence-corrected chi connectivity index (χ4v) is 1.85. The summed E-state index contributed by atoms with van der Waals surface area (Å²) < 4.78 is 4.99. The Balaban J connectivity index is 3.54. The lowest BCUT2D eigenvalue weighted by Gasteiger charge is -2.12. The van der Waals surface area contributed by atoms with Crippen LogP contribution in [0.4, 0.5) is 0 Å². The highest BCUT2D eigenvalue weighted by Gasteiger charge is 2.11. The maximum absolute atomic E-state index is 11.5. The van der Waals surface area contributed by atoms with E-state index in [2.05, 4.69) is 28.2 Å². The van der Waals surface area contributed by atoms with E-state index >= 15 is 0 Å². The Bertz CT molecular complexity index is 176. The average molecular weight is 280 g/mol. The number of carbonyl (C=O) groups is 1. The van der Waals surface area contributed by atoms with Gasteiger partial charge >= 0.3 is 0 Å². The molecular formula is C11H22BrNO2. The van der Waals surface area contributed by atoms with E-state index < -0.39 is 0 Å². The van der Waals surface area contributed by atoms with Gasteiger partial charge in [0.1, 0.15) is 0 Å². The van der Waals surface area contributed by atoms with Crippen LogP contribution in [0.3, 0.4) is 0 Å². The summed E-state index contributed by atoms with van der Waals surface area (Å²) in [6, 6.07) is 0. The van der Waals surface area contributed by atoms with Gasteiger partial charge in [-0.15, -0.1) is 0 Å². The molecule has 0 aromatic rings. The number of halogens is 1. The van der Waals surface area contributed by atoms with E-state index in [1.165, 1.54) is 0 Å². The van der Waals surface area contributed by atoms with Gasteiger partial charge in [-0.1, -0.05) is 36.2 Å². The maximum atomic E-state index is 11.5. The van der Waals surface area contributed by atoms with Gasteiger partial charge < -0.3 is 10.1 Å². The molecule has 0 aliphatic carbocycles. The van der Waals surface area contributed by atoms with Gasteiger partial charge in [-0.05, 0) is 12.8 Å². The summed E-state index contributed by atoms with van der Waals surface area (Å²) in [5.74, 6) is 0.292. The molecule has 0 fully saturated rings. The van der Waals surface area contributed by atoms with Crippen molar-refractivity contribution in [3.8, 4) is 0 Å². The molecule has 0 aromatic carbocycles. The molecule has 3 nitrogen and oxygen atoms in total. The number of methoxy groups -OCH3 is 1. The minimum absolute atomic E-state index is 0.131. The summed E-state index contributed by atoms with van der Waals surface area (Å²) in [4.78, 5) is 11.8. The minimum Gasteiger partial charge on any atom is -0.384 e. The summed E-state index contributed by atoms with van der Waals surface area (Å²) in [5, 5.41) is 2.93. The Morgan fingerprint density at radius 3 is 2.67 bits per heavy atom. The summed E-state index contributed by atoms with van der Waals surface area (Å²) in [7, 11) is 1.68. The molecule has 0 saturated heterocycles. The third kappa shape index (κ3) is 7.79. The molecule has 0 heterocycles. The quantitative estimate of drug-likeness (QED) is 0.693. The third-order valence-electron chi connectivity index (χ3n) is 2.27. The second kappa shape index (κ2) is 9.16. The van der Waals surface area contributed by atoms with Crippen molar-refractivity contribution in [3.63, 3.8) is 0 Å². The number of amides is 1. The first-order valence-electron chi connectivity index (χ1n) is 5.52. The lowest BCUT2D eigenvalue weighted by Crippen LogP contribution is -2.31. The lowest BCUT2D eigenvalue weighted by atomic mass is 10.1. The van der Waals surface area contributed by atoms with Crippen molar-refractivity contribution in [1.29, 1.82) is 0 Å². The molecule has 0 spiro atoms. The van der Waals surface area contributed by atoms with Gasteiger partial charge in [-0.25, -0.2) is 0 Å². The second-order valence-corrected chi connectivity index (χ2v) is 5.12. The predicted molar refractivity (Wildman–Crippen MR) is 66.3 cm³/mol. The first-order chi connectivity index (χ1) is 7.11. The van der Waals surface area contributed by atoms with Crippen molar-refractivity contribution in [2.45, 2.75) is 37.9 Å². The first-order valence-corrected chi connectivity index (χ1v) is 6.44. The number of carbonyl (C=O) groups excluding carboxylic acids is 1. The Kier molecular flexibility index (Phi) is 9.10. The maximum Gasteiger partial charge on any atom is 0.222 e. The highest BCUT2D eigenvalue weighted by atomic mass is 79.9. The molecule has 4 heteroatoms. The Hall–Kier alpha value is -0.0900. The number of alkyl halides is 1. The molecule has 0 rings (SSSR count). The standard InChI is InChI=1S/C11H22BrNO2/c1-4-5-9(2)11(14)13-7-6-10(12)8-15-3/h9-10H,4-8H2,1-3H3,(H,13,14). The molecule has 1 N–H and O–H groups in total. The molecule has 2 atom stereocenters. The van der Waals surface area contributed by atoms with Crippen molar-refractivity contribution in [1.82, 2.24) is 5.32 Å². The number of hydrogen-bond acceptors (Lipinski definition) is 2. The van der Waals surface area contributed by atoms with Crippen molar-refractivity contribution >= 4 is 21.8 Å². The van der Waals surface area contributed by atoms with Crippen LogP contribution in [0.2, 0.25) is 0 Å². The zero-order valence-electron chi connectivity index (χ0n) is 9.88. The second-order valence-electron chi connectivity index (χ2n) is 3.82. The zero-order valence-corrected chi connectivity index (χ0v) is 11.5. The summed E-state index contributed by atoms with van der Waals surface area (Å²) in [5.41, 5.74) is 0. The summed E-state index contributed by atoms with van der Waals surface area (Å²) in [6.45, 7) is 5.46. The number of hydrogen-bond donors (Lipinski definition) is 1. The van der Waals surface area contributed by atoms with Gasteiger partial charge in [0.2, 0.25) is 5.91 Å². The molecule has 90 valence electrons. The molecule has 2 unspecified atom stereocenters. The highest BCUT2D eigenvalue weighted by Crippen LogP contribution is 2.06. The van der Waals surface area contributed by atoms with E-state index in [-0.39, 0.29) is 11.8 Å². The molecule has 1 amide bonds. The molecule has 0 radical (unpaired) electrons. The van der Waals surface area contributed by atoms with E-state index in [4.69, 9.17) is 4.74 Å². The normalized spacial score (nSPS) is 14.7. The highest BCUT2D eigenvalue weighted by molar-refractivity contribution is 9.09. The Morgan fingerprint density at radius 2 is 2.13 bits per heavy atom. The molecule has 0 bridgehead atoms. The smallest absolute Gasteiger partial charge is 0.222 e. The van der Waals surface area contributed by atoms with Gasteiger partial charge in [0.25, 0.3) is 0 Å². The van der Waals surface area contributed by atoms with Crippen molar-refractivity contribution in [2.75, 3.05) is 20.3 Å². The van der Waals surface area contributed by atoms with Crippen LogP contribution >= 0.6 is 15.9 Å². The van der Waals surface area contributed by atoms with E-state index in [0.717, 1.165) is 19.3 Å². The van der Waals surface area contributed by atoms with E-state index in [9.17, 15) is 4.79 Å². The largest absolute Gasteiger partial charge is 0.384 e. The first kappa shape index (κ1) is 14.9. The number of nitrogens with one attached hydrogen (secondary N) is 1. The van der Waals surface area contributed by atoms with Crippen LogP contribution < -0.4 is 5.32 Å². The third-order valence-corrected chi connectivity index (χ3v) is 3.00. The van der Waals surface area contributed by atoms with Crippen LogP contribution in [-0.2, 0) is 9.53 Å². The van der Waals surface area contributed by atoms with Crippen LogP contribution in [0.25, 0.3) is 0 Å². The number of rotatable bonds is 8. The van der Waals surface area contributed by atoms with Gasteiger partial charge in [0, 0.05) is 24.4 Å². The minimum atomic E-state index is 0.131. The van der Waals surface area contributed by atoms with Crippen molar-refractivity contribution in [3.05, 3.63) is 0 Å².